The molecule has 0 atom stereocenters. The van der Waals surface area contributed by atoms with Crippen LogP contribution in [0.5, 0.6) is 28.7 Å². The first-order valence-electron chi connectivity index (χ1n) is 13.3. The van der Waals surface area contributed by atoms with E-state index >= 15 is 0 Å². The van der Waals surface area contributed by atoms with Gasteiger partial charge in [-0.2, -0.15) is 0 Å². The Morgan fingerprint density at radius 3 is 1.81 bits per heavy atom. The van der Waals surface area contributed by atoms with Gasteiger partial charge < -0.3 is 23.7 Å². The minimum atomic E-state index is -0.587. The smallest absolute Gasteiger partial charge is 0.336 e. The SMILES string of the molecule is COc1ccc(C=CC(=O)Oc2ccc3c(c2)C(C)=CC(C)(C)N3C(=O)C=Cc2ccc(OC)c(OC)c2)cc1OC. The summed E-state index contributed by atoms with van der Waals surface area (Å²) in [5, 5.41) is 0. The van der Waals surface area contributed by atoms with Crippen molar-refractivity contribution in [2.75, 3.05) is 33.3 Å². The van der Waals surface area contributed by atoms with Gasteiger partial charge in [-0.1, -0.05) is 18.2 Å². The number of carbonyl (C=O) groups excluding carboxylic acids is 2. The molecule has 1 heterocycles. The first-order valence-corrected chi connectivity index (χ1v) is 13.3. The van der Waals surface area contributed by atoms with E-state index in [9.17, 15) is 9.59 Å². The molecular formula is C34H35NO7. The van der Waals surface area contributed by atoms with Gasteiger partial charge in [-0.3, -0.25) is 9.69 Å². The molecule has 1 amide bonds. The fraction of sp³-hybridized carbons (Fsp3) is 0.235. The second-order valence-electron chi connectivity index (χ2n) is 10.2. The number of ether oxygens (including phenoxy) is 5. The molecule has 0 N–H and O–H groups in total. The normalized spacial score (nSPS) is 13.9. The van der Waals surface area contributed by atoms with Gasteiger partial charge in [0.15, 0.2) is 23.0 Å². The number of carbonyl (C=O) groups is 2. The highest BCUT2D eigenvalue weighted by molar-refractivity contribution is 6.08. The third-order valence-electron chi connectivity index (χ3n) is 6.86. The number of rotatable bonds is 9. The van der Waals surface area contributed by atoms with Gasteiger partial charge in [0.05, 0.1) is 39.7 Å². The van der Waals surface area contributed by atoms with Gasteiger partial charge in [0.25, 0.3) is 5.91 Å². The minimum absolute atomic E-state index is 0.192. The predicted octanol–water partition coefficient (Wildman–Crippen LogP) is 6.58. The van der Waals surface area contributed by atoms with Crippen molar-refractivity contribution in [2.45, 2.75) is 26.3 Å². The monoisotopic (exact) mass is 569 g/mol. The molecule has 4 rings (SSSR count). The van der Waals surface area contributed by atoms with E-state index in [4.69, 9.17) is 23.7 Å². The summed E-state index contributed by atoms with van der Waals surface area (Å²) in [6, 6.07) is 16.1. The summed E-state index contributed by atoms with van der Waals surface area (Å²) in [4.78, 5) is 27.9. The van der Waals surface area contributed by atoms with E-state index in [2.05, 4.69) is 0 Å². The fourth-order valence-electron chi connectivity index (χ4n) is 4.94. The molecule has 1 aliphatic rings. The fourth-order valence-corrected chi connectivity index (χ4v) is 4.94. The molecule has 0 aliphatic carbocycles. The van der Waals surface area contributed by atoms with Crippen LogP contribution in [0.3, 0.4) is 0 Å². The molecule has 0 spiro atoms. The van der Waals surface area contributed by atoms with Crippen LogP contribution in [0, 0.1) is 0 Å². The molecule has 3 aromatic carbocycles. The number of fused-ring (bicyclic) bond motifs is 1. The molecule has 0 saturated carbocycles. The summed E-state index contributed by atoms with van der Waals surface area (Å²) in [6.07, 6.45) is 8.29. The van der Waals surface area contributed by atoms with Crippen LogP contribution in [0.2, 0.25) is 0 Å². The Labute approximate surface area is 246 Å². The highest BCUT2D eigenvalue weighted by Gasteiger charge is 2.35. The van der Waals surface area contributed by atoms with E-state index in [-0.39, 0.29) is 5.91 Å². The molecule has 8 nitrogen and oxygen atoms in total. The zero-order valence-electron chi connectivity index (χ0n) is 24.9. The number of esters is 1. The van der Waals surface area contributed by atoms with Crippen molar-refractivity contribution in [1.29, 1.82) is 0 Å². The van der Waals surface area contributed by atoms with E-state index in [0.717, 1.165) is 28.0 Å². The van der Waals surface area contributed by atoms with Crippen molar-refractivity contribution >= 4 is 35.3 Å². The summed E-state index contributed by atoms with van der Waals surface area (Å²) in [7, 11) is 6.26. The van der Waals surface area contributed by atoms with Gasteiger partial charge >= 0.3 is 5.97 Å². The maximum atomic E-state index is 13.5. The first kappa shape index (κ1) is 30.0. The number of hydrogen-bond donors (Lipinski definition) is 0. The van der Waals surface area contributed by atoms with E-state index in [1.54, 1.807) is 81.9 Å². The van der Waals surface area contributed by atoms with Gasteiger partial charge in [0.2, 0.25) is 0 Å². The zero-order chi connectivity index (χ0) is 30.4. The quantitative estimate of drug-likeness (QED) is 0.163. The number of hydrogen-bond acceptors (Lipinski definition) is 7. The lowest BCUT2D eigenvalue weighted by atomic mass is 9.88. The summed E-state index contributed by atoms with van der Waals surface area (Å²) >= 11 is 0. The molecule has 1 aliphatic heterocycles. The van der Waals surface area contributed by atoms with Crippen molar-refractivity contribution in [1.82, 2.24) is 0 Å². The Kier molecular flexibility index (Phi) is 9.06. The van der Waals surface area contributed by atoms with Gasteiger partial charge in [-0.15, -0.1) is 0 Å². The average Bonchev–Trinajstić information content (AvgIpc) is 2.98. The van der Waals surface area contributed by atoms with Crippen molar-refractivity contribution in [3.63, 3.8) is 0 Å². The lowest BCUT2D eigenvalue weighted by Crippen LogP contribution is -2.48. The first-order chi connectivity index (χ1) is 20.1. The molecule has 0 aromatic heterocycles. The minimum Gasteiger partial charge on any atom is -0.493 e. The molecule has 8 heteroatoms. The van der Waals surface area contributed by atoms with Crippen molar-refractivity contribution in [2.24, 2.45) is 0 Å². The van der Waals surface area contributed by atoms with Crippen LogP contribution in [-0.2, 0) is 9.59 Å². The van der Waals surface area contributed by atoms with Crippen LogP contribution < -0.4 is 28.6 Å². The highest BCUT2D eigenvalue weighted by Crippen LogP contribution is 2.41. The molecule has 0 saturated heterocycles. The topological polar surface area (TPSA) is 83.5 Å². The summed E-state index contributed by atoms with van der Waals surface area (Å²) in [5.74, 6) is 2.00. The predicted molar refractivity (Wildman–Crippen MR) is 164 cm³/mol. The van der Waals surface area contributed by atoms with Crippen LogP contribution in [-0.4, -0.2) is 45.9 Å². The number of amides is 1. The van der Waals surface area contributed by atoms with Crippen LogP contribution in [0.4, 0.5) is 5.69 Å². The lowest BCUT2D eigenvalue weighted by molar-refractivity contribution is -0.128. The third kappa shape index (κ3) is 6.49. The molecule has 3 aromatic rings. The van der Waals surface area contributed by atoms with Crippen molar-refractivity contribution < 1.29 is 33.3 Å². The zero-order valence-corrected chi connectivity index (χ0v) is 24.9. The third-order valence-corrected chi connectivity index (χ3v) is 6.86. The Morgan fingerprint density at radius 1 is 0.714 bits per heavy atom. The largest absolute Gasteiger partial charge is 0.493 e. The lowest BCUT2D eigenvalue weighted by Gasteiger charge is -2.41. The second-order valence-corrected chi connectivity index (χ2v) is 10.2. The Morgan fingerprint density at radius 2 is 1.26 bits per heavy atom. The number of anilines is 1. The summed E-state index contributed by atoms with van der Waals surface area (Å²) < 4.78 is 26.8. The summed E-state index contributed by atoms with van der Waals surface area (Å²) in [6.45, 7) is 5.94. The van der Waals surface area contributed by atoms with Crippen molar-refractivity contribution in [3.8, 4) is 28.7 Å². The second kappa shape index (κ2) is 12.7. The molecule has 0 unspecified atom stereocenters. The molecule has 0 bridgehead atoms. The van der Waals surface area contributed by atoms with Crippen LogP contribution in [0.15, 0.2) is 72.8 Å². The van der Waals surface area contributed by atoms with E-state index < -0.39 is 11.5 Å². The number of nitrogens with zero attached hydrogens (tertiary/aromatic N) is 1. The standard InChI is InChI=1S/C34H35NO7/c1-22-21-34(2,3)35(32(36)16-10-23-8-14-28(38-4)30(18-23)40-6)27-13-12-25(20-26(22)27)42-33(37)17-11-24-9-15-29(39-5)31(19-24)41-7/h8-21H,1-7H3. The van der Waals surface area contributed by atoms with E-state index in [1.807, 2.05) is 45.0 Å². The van der Waals surface area contributed by atoms with Crippen LogP contribution in [0.25, 0.3) is 17.7 Å². The van der Waals surface area contributed by atoms with Crippen LogP contribution >= 0.6 is 0 Å². The maximum Gasteiger partial charge on any atom is 0.336 e. The molecule has 42 heavy (non-hydrogen) atoms. The average molecular weight is 570 g/mol. The Bertz CT molecular complexity index is 1580. The number of benzene rings is 3. The molecule has 0 radical (unpaired) electrons. The van der Waals surface area contributed by atoms with E-state index in [0.29, 0.717) is 28.7 Å². The summed E-state index contributed by atoms with van der Waals surface area (Å²) in [5.41, 5.74) is 3.47. The maximum absolute atomic E-state index is 13.5. The van der Waals surface area contributed by atoms with Gasteiger partial charge in [0, 0.05) is 17.7 Å². The van der Waals surface area contributed by atoms with Crippen LogP contribution in [0.1, 0.15) is 37.5 Å². The number of methoxy groups -OCH3 is 4. The Hall–Kier alpha value is -4.98. The van der Waals surface area contributed by atoms with Gasteiger partial charge in [-0.05, 0) is 92.1 Å². The van der Waals surface area contributed by atoms with E-state index in [1.165, 1.54) is 12.2 Å². The van der Waals surface area contributed by atoms with Gasteiger partial charge in [-0.25, -0.2) is 4.79 Å². The molecular weight excluding hydrogens is 534 g/mol. The Balaban J connectivity index is 1.54. The number of allylic oxidation sites excluding steroid dienone is 1. The molecule has 0 fully saturated rings. The molecule has 218 valence electrons. The van der Waals surface area contributed by atoms with Crippen molar-refractivity contribution in [3.05, 3.63) is 89.5 Å². The van der Waals surface area contributed by atoms with Gasteiger partial charge in [0.1, 0.15) is 5.75 Å². The highest BCUT2D eigenvalue weighted by atomic mass is 16.5.